The highest BCUT2D eigenvalue weighted by Gasteiger charge is 2.44. The van der Waals surface area contributed by atoms with Gasteiger partial charge in [-0.1, -0.05) is 49.6 Å². The molecule has 1 aliphatic heterocycles. The zero-order chi connectivity index (χ0) is 27.3. The number of benzene rings is 2. The molecular weight excluding hydrogens is 485 g/mol. The highest BCUT2D eigenvalue weighted by atomic mass is 16.5. The lowest BCUT2D eigenvalue weighted by Crippen LogP contribution is -2.55. The van der Waals surface area contributed by atoms with E-state index in [1.165, 1.54) is 18.4 Å². The van der Waals surface area contributed by atoms with Gasteiger partial charge in [0, 0.05) is 18.2 Å². The van der Waals surface area contributed by atoms with E-state index in [1.807, 2.05) is 26.0 Å². The minimum atomic E-state index is -0.928. The zero-order valence-corrected chi connectivity index (χ0v) is 22.1. The van der Waals surface area contributed by atoms with Crippen molar-refractivity contribution in [3.05, 3.63) is 59.2 Å². The van der Waals surface area contributed by atoms with Gasteiger partial charge in [-0.2, -0.15) is 0 Å². The van der Waals surface area contributed by atoms with Crippen molar-refractivity contribution < 1.29 is 28.6 Å². The fourth-order valence-corrected chi connectivity index (χ4v) is 5.21. The van der Waals surface area contributed by atoms with Crippen LogP contribution in [-0.4, -0.2) is 56.0 Å². The van der Waals surface area contributed by atoms with E-state index in [0.717, 1.165) is 31.2 Å². The van der Waals surface area contributed by atoms with E-state index in [-0.39, 0.29) is 30.4 Å². The summed E-state index contributed by atoms with van der Waals surface area (Å²) in [6.45, 7) is 4.16. The maximum Gasteiger partial charge on any atom is 0.522 e. The molecule has 1 saturated carbocycles. The van der Waals surface area contributed by atoms with Gasteiger partial charge in [0.15, 0.2) is 0 Å². The van der Waals surface area contributed by atoms with Crippen molar-refractivity contribution in [2.45, 2.75) is 63.8 Å². The number of nitrogens with one attached hydrogen (secondary N) is 2. The van der Waals surface area contributed by atoms with Crippen LogP contribution in [0.4, 0.5) is 4.79 Å². The highest BCUT2D eigenvalue weighted by Crippen LogP contribution is 2.36. The van der Waals surface area contributed by atoms with Gasteiger partial charge in [0.2, 0.25) is 5.91 Å². The number of nitrogens with zero attached hydrogens (tertiary/aromatic N) is 1. The van der Waals surface area contributed by atoms with Crippen LogP contribution in [0.25, 0.3) is 0 Å². The lowest BCUT2D eigenvalue weighted by atomic mass is 9.73. The molecule has 4 amide bonds. The zero-order valence-electron chi connectivity index (χ0n) is 22.1. The van der Waals surface area contributed by atoms with Crippen LogP contribution >= 0.6 is 0 Å². The van der Waals surface area contributed by atoms with E-state index in [1.54, 1.807) is 30.3 Å². The molecule has 38 heavy (non-hydrogen) atoms. The van der Waals surface area contributed by atoms with Crippen molar-refractivity contribution in [1.29, 1.82) is 0 Å². The Morgan fingerprint density at radius 3 is 2.47 bits per heavy atom. The van der Waals surface area contributed by atoms with Gasteiger partial charge in [-0.15, -0.1) is 0 Å². The minimum absolute atomic E-state index is 0.126. The first-order valence-electron chi connectivity index (χ1n) is 13.0. The van der Waals surface area contributed by atoms with Crippen LogP contribution < -0.4 is 20.7 Å². The number of hydrogen-bond acceptors (Lipinski definition) is 6. The molecule has 1 heterocycles. The molecule has 0 spiro atoms. The van der Waals surface area contributed by atoms with Gasteiger partial charge in [0.25, 0.3) is 12.4 Å². The largest absolute Gasteiger partial charge is 0.522 e. The molecule has 0 aromatic heterocycles. The monoisotopic (exact) mass is 519 g/mol. The Bertz CT molecular complexity index is 1190. The van der Waals surface area contributed by atoms with E-state index >= 15 is 0 Å². The maximum absolute atomic E-state index is 13.2. The number of carbonyl (C=O) groups excluding carboxylic acids is 4. The number of ether oxygens (including phenoxy) is 1. The van der Waals surface area contributed by atoms with Gasteiger partial charge in [0.05, 0.1) is 12.5 Å². The van der Waals surface area contributed by atoms with Crippen LogP contribution in [0.2, 0.25) is 0 Å². The second kappa shape index (κ2) is 11.7. The maximum atomic E-state index is 13.2. The summed E-state index contributed by atoms with van der Waals surface area (Å²) in [5.41, 5.74) is 1.81. The summed E-state index contributed by atoms with van der Waals surface area (Å²) in [5.74, 6) is -0.0252. The predicted molar refractivity (Wildman–Crippen MR) is 143 cm³/mol. The minimum Gasteiger partial charge on any atom is -0.513 e. The Morgan fingerprint density at radius 2 is 1.82 bits per heavy atom. The number of urea groups is 1. The summed E-state index contributed by atoms with van der Waals surface area (Å²) in [7, 11) is 0.610. The summed E-state index contributed by atoms with van der Waals surface area (Å²) >= 11 is 0. The predicted octanol–water partition coefficient (Wildman–Crippen LogP) is 2.70. The summed E-state index contributed by atoms with van der Waals surface area (Å²) in [5, 5.41) is 5.66. The topological polar surface area (TPSA) is 114 Å². The van der Waals surface area contributed by atoms with E-state index in [4.69, 9.17) is 9.39 Å². The molecule has 2 aromatic rings. The van der Waals surface area contributed by atoms with Crippen LogP contribution in [0.15, 0.2) is 42.5 Å². The molecular formula is C28H34BN3O6. The van der Waals surface area contributed by atoms with Crippen LogP contribution in [0.5, 0.6) is 5.75 Å². The standard InChI is InChI=1S/C28H34BN3O6/c1-28(2)24-14-13-22(37-3)17-23(24)25(34)32(26(28)35)16-15-19-9-11-20(12-10-19)29(38-18-33)31-27(36)30-21-7-5-4-6-8-21/h9-14,17-18,21H,4-8,15-16H2,1-3H3,(H2,30,31,36). The number of hydrogen-bond donors (Lipinski definition) is 2. The Labute approximate surface area is 223 Å². The third kappa shape index (κ3) is 5.84. The molecule has 0 bridgehead atoms. The number of methoxy groups -OCH3 is 1. The van der Waals surface area contributed by atoms with Crippen molar-refractivity contribution in [1.82, 2.24) is 15.4 Å². The number of imide groups is 1. The van der Waals surface area contributed by atoms with Gasteiger partial charge in [-0.25, -0.2) is 0 Å². The Kier molecular flexibility index (Phi) is 8.39. The van der Waals surface area contributed by atoms with Gasteiger partial charge in [-0.05, 0) is 61.8 Å². The van der Waals surface area contributed by atoms with Gasteiger partial charge in [0.1, 0.15) is 5.75 Å². The highest BCUT2D eigenvalue weighted by molar-refractivity contribution is 6.68. The van der Waals surface area contributed by atoms with Crippen molar-refractivity contribution in [2.75, 3.05) is 13.7 Å². The number of carbonyl (C=O) groups is 4. The molecule has 2 N–H and O–H groups in total. The summed E-state index contributed by atoms with van der Waals surface area (Å²) in [6.07, 6.45) is 5.70. The molecule has 0 unspecified atom stereocenters. The molecule has 200 valence electrons. The average molecular weight is 519 g/mol. The van der Waals surface area contributed by atoms with Crippen molar-refractivity contribution in [3.63, 3.8) is 0 Å². The Balaban J connectivity index is 1.41. The lowest BCUT2D eigenvalue weighted by Gasteiger charge is -2.37. The molecule has 2 aliphatic rings. The molecule has 1 aliphatic carbocycles. The van der Waals surface area contributed by atoms with Gasteiger partial charge in [-0.3, -0.25) is 24.1 Å². The Morgan fingerprint density at radius 1 is 1.11 bits per heavy atom. The third-order valence-electron chi connectivity index (χ3n) is 7.46. The van der Waals surface area contributed by atoms with Crippen LogP contribution in [0.3, 0.4) is 0 Å². The van der Waals surface area contributed by atoms with Gasteiger partial charge < -0.3 is 19.9 Å². The number of rotatable bonds is 9. The van der Waals surface area contributed by atoms with Crippen LogP contribution in [-0.2, 0) is 26.1 Å². The molecule has 0 atom stereocenters. The first-order chi connectivity index (χ1) is 18.2. The molecule has 2 aromatic carbocycles. The first kappa shape index (κ1) is 27.2. The van der Waals surface area contributed by atoms with E-state index in [2.05, 4.69) is 10.5 Å². The lowest BCUT2D eigenvalue weighted by molar-refractivity contribution is -0.134. The van der Waals surface area contributed by atoms with Crippen molar-refractivity contribution >= 4 is 36.8 Å². The molecule has 4 rings (SSSR count). The second-order valence-electron chi connectivity index (χ2n) is 10.4. The molecule has 1 fully saturated rings. The van der Waals surface area contributed by atoms with E-state index in [0.29, 0.717) is 35.2 Å². The SMILES string of the molecule is COc1ccc2c(c1)C(=O)N(CCc1ccc(B(NC(=O)NC3CCCCC3)OC=O)cc1)C(=O)C2(C)C. The summed E-state index contributed by atoms with van der Waals surface area (Å²) in [6, 6.07) is 12.1. The fraction of sp³-hybridized carbons (Fsp3) is 0.429. The second-order valence-corrected chi connectivity index (χ2v) is 10.4. The molecule has 0 radical (unpaired) electrons. The van der Waals surface area contributed by atoms with Crippen LogP contribution in [0, 0.1) is 0 Å². The number of amides is 4. The summed E-state index contributed by atoms with van der Waals surface area (Å²) < 4.78 is 10.4. The molecule has 10 heteroatoms. The van der Waals surface area contributed by atoms with Crippen molar-refractivity contribution in [2.24, 2.45) is 0 Å². The Hall–Kier alpha value is -3.82. The quantitative estimate of drug-likeness (QED) is 0.299. The third-order valence-corrected chi connectivity index (χ3v) is 7.46. The van der Waals surface area contributed by atoms with Gasteiger partial charge >= 0.3 is 13.1 Å². The first-order valence-corrected chi connectivity index (χ1v) is 13.0. The van der Waals surface area contributed by atoms with E-state index in [9.17, 15) is 19.2 Å². The average Bonchev–Trinajstić information content (AvgIpc) is 2.92. The fourth-order valence-electron chi connectivity index (χ4n) is 5.21. The normalized spacial score (nSPS) is 16.9. The van der Waals surface area contributed by atoms with Crippen molar-refractivity contribution in [3.8, 4) is 5.75 Å². The smallest absolute Gasteiger partial charge is 0.513 e. The molecule has 0 saturated heterocycles. The molecule has 9 nitrogen and oxygen atoms in total. The number of fused-ring (bicyclic) bond motifs is 1. The van der Waals surface area contributed by atoms with E-state index < -0.39 is 12.5 Å². The summed E-state index contributed by atoms with van der Waals surface area (Å²) in [4.78, 5) is 51.3. The van der Waals surface area contributed by atoms with Crippen LogP contribution in [0.1, 0.15) is 67.4 Å².